The molecule has 0 spiro atoms. The number of carboxylic acid groups (broad SMARTS) is 1. The Labute approximate surface area is 193 Å². The molecular formula is C23H20ClN3O4S. The van der Waals surface area contributed by atoms with Gasteiger partial charge in [-0.3, -0.25) is 0 Å². The van der Waals surface area contributed by atoms with Crippen LogP contribution in [0.25, 0.3) is 21.6 Å². The summed E-state index contributed by atoms with van der Waals surface area (Å²) in [5.74, 6) is 0.514. The molecule has 0 radical (unpaired) electrons. The molecule has 4 rings (SSSR count). The lowest BCUT2D eigenvalue weighted by atomic mass is 9.99. The van der Waals surface area contributed by atoms with Crippen molar-refractivity contribution in [1.29, 1.82) is 0 Å². The maximum atomic E-state index is 12.0. The van der Waals surface area contributed by atoms with Gasteiger partial charge in [0, 0.05) is 23.7 Å². The molecule has 0 unspecified atom stereocenters. The molecule has 0 fully saturated rings. The van der Waals surface area contributed by atoms with Crippen LogP contribution >= 0.6 is 22.9 Å². The average Bonchev–Trinajstić information content (AvgIpc) is 3.27. The zero-order valence-corrected chi connectivity index (χ0v) is 19.2. The molecule has 4 aromatic rings. The minimum absolute atomic E-state index is 0.0857. The molecule has 0 aliphatic heterocycles. The van der Waals surface area contributed by atoms with Crippen LogP contribution in [0.1, 0.15) is 21.5 Å². The van der Waals surface area contributed by atoms with Gasteiger partial charge in [0.15, 0.2) is 17.3 Å². The molecule has 2 aromatic heterocycles. The van der Waals surface area contributed by atoms with E-state index in [0.29, 0.717) is 45.7 Å². The Morgan fingerprint density at radius 1 is 1.19 bits per heavy atom. The number of nitrogens with one attached hydrogen (secondary N) is 1. The third-order valence-electron chi connectivity index (χ3n) is 5.09. The van der Waals surface area contributed by atoms with E-state index in [2.05, 4.69) is 15.3 Å². The third-order valence-corrected chi connectivity index (χ3v) is 6.40. The average molecular weight is 470 g/mol. The highest BCUT2D eigenvalue weighted by Crippen LogP contribution is 2.36. The number of anilines is 1. The molecule has 0 aliphatic carbocycles. The third kappa shape index (κ3) is 4.06. The largest absolute Gasteiger partial charge is 0.493 e. The van der Waals surface area contributed by atoms with Gasteiger partial charge in [-0.1, -0.05) is 17.7 Å². The van der Waals surface area contributed by atoms with Crippen molar-refractivity contribution in [3.05, 3.63) is 63.6 Å². The molecule has 0 saturated heterocycles. The van der Waals surface area contributed by atoms with E-state index in [0.717, 1.165) is 15.8 Å². The number of hydrogen-bond donors (Lipinski definition) is 2. The molecule has 2 N–H and O–H groups in total. The second-order valence-corrected chi connectivity index (χ2v) is 8.28. The lowest BCUT2D eigenvalue weighted by Crippen LogP contribution is -2.08. The predicted octanol–water partition coefficient (Wildman–Crippen LogP) is 5.65. The Morgan fingerprint density at radius 2 is 1.97 bits per heavy atom. The zero-order chi connectivity index (χ0) is 22.8. The van der Waals surface area contributed by atoms with E-state index in [9.17, 15) is 9.90 Å². The fourth-order valence-corrected chi connectivity index (χ4v) is 4.40. The number of ether oxygens (including phenoxy) is 2. The van der Waals surface area contributed by atoms with Crippen LogP contribution in [0.3, 0.4) is 0 Å². The van der Waals surface area contributed by atoms with Crippen molar-refractivity contribution >= 4 is 44.8 Å². The SMILES string of the molecule is COc1ccc(CNc2cc(-c3ncc4ccsc4n3)c(C(=O)O)c(C)c2Cl)cc1OC. The molecule has 0 bridgehead atoms. The van der Waals surface area contributed by atoms with Gasteiger partial charge in [0.2, 0.25) is 0 Å². The van der Waals surface area contributed by atoms with Gasteiger partial charge in [0.25, 0.3) is 0 Å². The summed E-state index contributed by atoms with van der Waals surface area (Å²) in [7, 11) is 3.16. The van der Waals surface area contributed by atoms with Gasteiger partial charge in [0.1, 0.15) is 4.83 Å². The van der Waals surface area contributed by atoms with Crippen molar-refractivity contribution in [3.63, 3.8) is 0 Å². The topological polar surface area (TPSA) is 93.6 Å². The summed E-state index contributed by atoms with van der Waals surface area (Å²) in [4.78, 5) is 21.8. The Hall–Kier alpha value is -3.36. The number of carboxylic acids is 1. The van der Waals surface area contributed by atoms with E-state index < -0.39 is 5.97 Å². The number of aromatic nitrogens is 2. The first kappa shape index (κ1) is 21.9. The number of methoxy groups -OCH3 is 2. The van der Waals surface area contributed by atoms with Gasteiger partial charge in [-0.15, -0.1) is 11.3 Å². The Kier molecular flexibility index (Phi) is 6.16. The van der Waals surface area contributed by atoms with Crippen LogP contribution in [0, 0.1) is 6.92 Å². The summed E-state index contributed by atoms with van der Waals surface area (Å²) in [5.41, 5.74) is 2.47. The van der Waals surface area contributed by atoms with Crippen LogP contribution in [-0.2, 0) is 6.54 Å². The summed E-state index contributed by atoms with van der Waals surface area (Å²) in [5, 5.41) is 16.3. The first-order chi connectivity index (χ1) is 15.4. The lowest BCUT2D eigenvalue weighted by molar-refractivity contribution is 0.0697. The highest BCUT2D eigenvalue weighted by Gasteiger charge is 2.22. The standard InChI is InChI=1S/C23H20ClN3O4S/c1-12-19(23(28)29)15(21-26-11-14-6-7-32-22(14)27-21)9-16(20(12)24)25-10-13-4-5-17(30-2)18(8-13)31-3/h4-9,11,25H,10H2,1-3H3,(H,28,29). The van der Waals surface area contributed by atoms with E-state index in [4.69, 9.17) is 21.1 Å². The maximum absolute atomic E-state index is 12.0. The Balaban J connectivity index is 1.74. The molecule has 0 amide bonds. The van der Waals surface area contributed by atoms with Crippen LogP contribution in [0.4, 0.5) is 5.69 Å². The molecule has 7 nitrogen and oxygen atoms in total. The van der Waals surface area contributed by atoms with Crippen molar-refractivity contribution in [1.82, 2.24) is 9.97 Å². The number of benzene rings is 2. The molecular weight excluding hydrogens is 450 g/mol. The van der Waals surface area contributed by atoms with Crippen LogP contribution < -0.4 is 14.8 Å². The van der Waals surface area contributed by atoms with E-state index in [1.165, 1.54) is 11.3 Å². The Morgan fingerprint density at radius 3 is 2.69 bits per heavy atom. The quantitative estimate of drug-likeness (QED) is 0.361. The van der Waals surface area contributed by atoms with Crippen molar-refractivity contribution in [2.75, 3.05) is 19.5 Å². The van der Waals surface area contributed by atoms with Crippen LogP contribution in [-0.4, -0.2) is 35.3 Å². The van der Waals surface area contributed by atoms with Crippen molar-refractivity contribution in [2.24, 2.45) is 0 Å². The molecule has 164 valence electrons. The minimum atomic E-state index is -1.08. The van der Waals surface area contributed by atoms with E-state index >= 15 is 0 Å². The van der Waals surface area contributed by atoms with E-state index in [-0.39, 0.29) is 5.56 Å². The van der Waals surface area contributed by atoms with Gasteiger partial charge in [-0.25, -0.2) is 14.8 Å². The highest BCUT2D eigenvalue weighted by atomic mass is 35.5. The molecule has 0 aliphatic rings. The Bertz CT molecular complexity index is 1320. The van der Waals surface area contributed by atoms with Gasteiger partial charge < -0.3 is 19.9 Å². The number of halogens is 1. The molecule has 2 aromatic carbocycles. The molecule has 9 heteroatoms. The second-order valence-electron chi connectivity index (χ2n) is 7.01. The molecule has 0 saturated carbocycles. The fraction of sp³-hybridized carbons (Fsp3) is 0.174. The number of thiophene rings is 1. The highest BCUT2D eigenvalue weighted by molar-refractivity contribution is 7.16. The van der Waals surface area contributed by atoms with Crippen LogP contribution in [0.15, 0.2) is 41.9 Å². The smallest absolute Gasteiger partial charge is 0.336 e. The van der Waals surface area contributed by atoms with E-state index in [1.54, 1.807) is 33.4 Å². The first-order valence-electron chi connectivity index (χ1n) is 9.64. The fourth-order valence-electron chi connectivity index (χ4n) is 3.45. The number of carbonyl (C=O) groups is 1. The zero-order valence-electron chi connectivity index (χ0n) is 17.6. The summed E-state index contributed by atoms with van der Waals surface area (Å²) in [6, 6.07) is 9.22. The number of rotatable bonds is 7. The maximum Gasteiger partial charge on any atom is 0.336 e. The lowest BCUT2D eigenvalue weighted by Gasteiger charge is -2.16. The normalized spacial score (nSPS) is 10.9. The summed E-state index contributed by atoms with van der Waals surface area (Å²) in [6.07, 6.45) is 1.69. The van der Waals surface area contributed by atoms with Crippen LogP contribution in [0.2, 0.25) is 5.02 Å². The summed E-state index contributed by atoms with van der Waals surface area (Å²) < 4.78 is 10.6. The predicted molar refractivity (Wildman–Crippen MR) is 126 cm³/mol. The van der Waals surface area contributed by atoms with Crippen molar-refractivity contribution in [2.45, 2.75) is 13.5 Å². The number of fused-ring (bicyclic) bond motifs is 1. The van der Waals surface area contributed by atoms with Gasteiger partial charge in [0.05, 0.1) is 30.5 Å². The van der Waals surface area contributed by atoms with Gasteiger partial charge in [-0.05, 0) is 47.7 Å². The van der Waals surface area contributed by atoms with Gasteiger partial charge >= 0.3 is 5.97 Å². The number of aromatic carboxylic acids is 1. The number of hydrogen-bond acceptors (Lipinski definition) is 7. The molecule has 32 heavy (non-hydrogen) atoms. The molecule has 0 atom stereocenters. The number of nitrogens with zero attached hydrogens (tertiary/aromatic N) is 2. The summed E-state index contributed by atoms with van der Waals surface area (Å²) >= 11 is 8.02. The van der Waals surface area contributed by atoms with Crippen LogP contribution in [0.5, 0.6) is 11.5 Å². The second kappa shape index (κ2) is 9.02. The van der Waals surface area contributed by atoms with E-state index in [1.807, 2.05) is 29.6 Å². The van der Waals surface area contributed by atoms with Crippen molar-refractivity contribution in [3.8, 4) is 22.9 Å². The monoisotopic (exact) mass is 469 g/mol. The van der Waals surface area contributed by atoms with Crippen molar-refractivity contribution < 1.29 is 19.4 Å². The first-order valence-corrected chi connectivity index (χ1v) is 10.9. The molecule has 2 heterocycles. The summed E-state index contributed by atoms with van der Waals surface area (Å²) in [6.45, 7) is 2.12. The minimum Gasteiger partial charge on any atom is -0.493 e. The van der Waals surface area contributed by atoms with Gasteiger partial charge in [-0.2, -0.15) is 0 Å².